The van der Waals surface area contributed by atoms with Crippen molar-refractivity contribution < 1.29 is 34.8 Å². The highest BCUT2D eigenvalue weighted by Crippen LogP contribution is 2.40. The molecule has 1 saturated carbocycles. The fourth-order valence-corrected chi connectivity index (χ4v) is 7.01. The van der Waals surface area contributed by atoms with E-state index in [-0.39, 0.29) is 33.9 Å². The lowest BCUT2D eigenvalue weighted by atomic mass is 9.75. The molecule has 0 unspecified atom stereocenters. The summed E-state index contributed by atoms with van der Waals surface area (Å²) in [5, 5.41) is 2.93. The van der Waals surface area contributed by atoms with Gasteiger partial charge in [0.2, 0.25) is 0 Å². The van der Waals surface area contributed by atoms with Crippen molar-refractivity contribution in [2.24, 2.45) is 5.92 Å². The molecule has 0 bridgehead atoms. The lowest BCUT2D eigenvalue weighted by Crippen LogP contribution is -2.47. The monoisotopic (exact) mass is 551 g/mol. The number of amides is 1. The molecule has 0 aromatic heterocycles. The highest BCUT2D eigenvalue weighted by molar-refractivity contribution is 7.92. The Kier molecular flexibility index (Phi) is 7.38. The molecule has 12 heteroatoms. The van der Waals surface area contributed by atoms with Gasteiger partial charge in [0.15, 0.2) is 19.7 Å². The van der Waals surface area contributed by atoms with Crippen LogP contribution in [0.1, 0.15) is 49.0 Å². The molecule has 1 aliphatic rings. The van der Waals surface area contributed by atoms with Crippen molar-refractivity contribution in [2.45, 2.75) is 59.9 Å². The minimum Gasteiger partial charge on any atom is -0.349 e. The maximum atomic E-state index is 13.1. The molecule has 1 amide bonds. The van der Waals surface area contributed by atoms with E-state index in [1.165, 1.54) is 32.0 Å². The Bertz CT molecular complexity index is 1350. The van der Waals surface area contributed by atoms with E-state index >= 15 is 0 Å². The Morgan fingerprint density at radius 2 is 1.69 bits per heavy atom. The summed E-state index contributed by atoms with van der Waals surface area (Å²) in [7, 11) is -7.77. The molecule has 35 heavy (non-hydrogen) atoms. The molecule has 3 rings (SSSR count). The summed E-state index contributed by atoms with van der Waals surface area (Å²) in [6.45, 7) is 2.95. The molecule has 0 heterocycles. The quantitative estimate of drug-likeness (QED) is 0.527. The van der Waals surface area contributed by atoms with Crippen molar-refractivity contribution in [1.82, 2.24) is 5.32 Å². The van der Waals surface area contributed by atoms with Crippen LogP contribution in [0.2, 0.25) is 5.02 Å². The number of alkyl halides is 3. The van der Waals surface area contributed by atoms with Crippen LogP contribution in [0.4, 0.5) is 13.2 Å². The molecular formula is C23H25ClF3NO5S2. The first-order valence-corrected chi connectivity index (χ1v) is 14.4. The summed E-state index contributed by atoms with van der Waals surface area (Å²) in [6, 6.07) is 7.35. The van der Waals surface area contributed by atoms with E-state index in [4.69, 9.17) is 11.6 Å². The topological polar surface area (TPSA) is 97.4 Å². The zero-order valence-electron chi connectivity index (χ0n) is 19.2. The Hall–Kier alpha value is -2.11. The number of hydrogen-bond acceptors (Lipinski definition) is 5. The van der Waals surface area contributed by atoms with Crippen molar-refractivity contribution in [2.75, 3.05) is 6.26 Å². The third-order valence-corrected chi connectivity index (χ3v) is 10.0. The summed E-state index contributed by atoms with van der Waals surface area (Å²) < 4.78 is 88.0. The second-order valence-electron chi connectivity index (χ2n) is 9.41. The normalized spacial score (nSPS) is 19.2. The van der Waals surface area contributed by atoms with Gasteiger partial charge in [-0.25, -0.2) is 16.8 Å². The molecule has 192 valence electrons. The molecule has 6 nitrogen and oxygen atoms in total. The molecule has 0 aliphatic heterocycles. The maximum absolute atomic E-state index is 13.1. The smallest absolute Gasteiger partial charge is 0.349 e. The lowest BCUT2D eigenvalue weighted by molar-refractivity contribution is -0.137. The number of rotatable bonds is 7. The van der Waals surface area contributed by atoms with E-state index in [2.05, 4.69) is 5.32 Å². The number of benzene rings is 2. The fraction of sp³-hybridized carbons (Fsp3) is 0.435. The van der Waals surface area contributed by atoms with Crippen LogP contribution < -0.4 is 5.32 Å². The predicted octanol–water partition coefficient (Wildman–Crippen LogP) is 4.91. The van der Waals surface area contributed by atoms with Crippen LogP contribution >= 0.6 is 11.6 Å². The van der Waals surface area contributed by atoms with Crippen molar-refractivity contribution >= 4 is 37.2 Å². The summed E-state index contributed by atoms with van der Waals surface area (Å²) in [4.78, 5) is 12.1. The first-order chi connectivity index (χ1) is 15.9. The Labute approximate surface area is 207 Å². The van der Waals surface area contributed by atoms with Crippen LogP contribution in [0.5, 0.6) is 0 Å². The predicted molar refractivity (Wildman–Crippen MR) is 126 cm³/mol. The van der Waals surface area contributed by atoms with Crippen molar-refractivity contribution in [3.63, 3.8) is 0 Å². The minimum absolute atomic E-state index is 0.0344. The van der Waals surface area contributed by atoms with Gasteiger partial charge in [0.05, 0.1) is 25.7 Å². The standard InChI is InChI=1S/C23H25ClF3NO5S2/c1-22(2,35(32,33)18-6-4-5-15(11-18)23(25,26)27)13-14-9-17(10-14)28-21(29)19-8-7-16(24)12-20(19)34(3,30)31/h4-8,11-12,14,17H,9-10,13H2,1-3H3,(H,28,29)/t14-,17+. The average molecular weight is 552 g/mol. The summed E-state index contributed by atoms with van der Waals surface area (Å²) in [5.41, 5.74) is -1.07. The summed E-state index contributed by atoms with van der Waals surface area (Å²) in [5.74, 6) is -0.670. The molecule has 0 radical (unpaired) electrons. The summed E-state index contributed by atoms with van der Waals surface area (Å²) >= 11 is 5.86. The van der Waals surface area contributed by atoms with Gasteiger partial charge in [-0.3, -0.25) is 4.79 Å². The van der Waals surface area contributed by atoms with E-state index in [0.29, 0.717) is 18.9 Å². The maximum Gasteiger partial charge on any atom is 0.416 e. The molecule has 0 atom stereocenters. The van der Waals surface area contributed by atoms with Crippen LogP contribution in [0.15, 0.2) is 52.3 Å². The third kappa shape index (κ3) is 6.00. The molecule has 1 N–H and O–H groups in total. The molecule has 2 aromatic rings. The van der Waals surface area contributed by atoms with Crippen LogP contribution in [0, 0.1) is 5.92 Å². The van der Waals surface area contributed by atoms with Gasteiger partial charge in [0.25, 0.3) is 5.91 Å². The second kappa shape index (κ2) is 9.40. The molecule has 2 aromatic carbocycles. The molecule has 1 aliphatic carbocycles. The van der Waals surface area contributed by atoms with Crippen molar-refractivity contribution in [1.29, 1.82) is 0 Å². The Morgan fingerprint density at radius 1 is 1.06 bits per heavy atom. The van der Waals surface area contributed by atoms with E-state index in [1.54, 1.807) is 0 Å². The SMILES string of the molecule is CC(C)(C[C@H]1C[C@@H](NC(=O)c2ccc(Cl)cc2S(C)(=O)=O)C1)S(=O)(=O)c1cccc(C(F)(F)F)c1. The van der Waals surface area contributed by atoms with Gasteiger partial charge in [-0.15, -0.1) is 0 Å². The van der Waals surface area contributed by atoms with Gasteiger partial charge in [-0.05, 0) is 75.4 Å². The Balaban J connectivity index is 1.67. The molecular weight excluding hydrogens is 527 g/mol. The molecule has 0 saturated heterocycles. The number of carbonyl (C=O) groups excluding carboxylic acids is 1. The third-order valence-electron chi connectivity index (χ3n) is 6.14. The first-order valence-electron chi connectivity index (χ1n) is 10.6. The van der Waals surface area contributed by atoms with Gasteiger partial charge in [-0.1, -0.05) is 17.7 Å². The van der Waals surface area contributed by atoms with Crippen LogP contribution in [-0.2, 0) is 25.9 Å². The summed E-state index contributed by atoms with van der Waals surface area (Å²) in [6.07, 6.45) is -2.59. The fourth-order valence-electron chi connectivity index (χ4n) is 4.24. The number of sulfone groups is 2. The Morgan fingerprint density at radius 3 is 2.26 bits per heavy atom. The number of hydrogen-bond donors (Lipinski definition) is 1. The van der Waals surface area contributed by atoms with Crippen LogP contribution in [-0.4, -0.2) is 39.8 Å². The van der Waals surface area contributed by atoms with Gasteiger partial charge < -0.3 is 5.32 Å². The number of halogens is 4. The minimum atomic E-state index is -4.66. The lowest BCUT2D eigenvalue weighted by Gasteiger charge is -2.40. The first kappa shape index (κ1) is 27.5. The highest BCUT2D eigenvalue weighted by atomic mass is 35.5. The van der Waals surface area contributed by atoms with E-state index < -0.39 is 47.0 Å². The average Bonchev–Trinajstić information content (AvgIpc) is 2.70. The van der Waals surface area contributed by atoms with Crippen LogP contribution in [0.25, 0.3) is 0 Å². The van der Waals surface area contributed by atoms with Gasteiger partial charge >= 0.3 is 6.18 Å². The zero-order valence-corrected chi connectivity index (χ0v) is 21.6. The van der Waals surface area contributed by atoms with E-state index in [9.17, 15) is 34.8 Å². The van der Waals surface area contributed by atoms with Gasteiger partial charge in [0.1, 0.15) is 0 Å². The van der Waals surface area contributed by atoms with Gasteiger partial charge in [0, 0.05) is 17.3 Å². The van der Waals surface area contributed by atoms with Gasteiger partial charge in [-0.2, -0.15) is 13.2 Å². The molecule has 1 fully saturated rings. The van der Waals surface area contributed by atoms with E-state index in [1.807, 2.05) is 0 Å². The largest absolute Gasteiger partial charge is 0.416 e. The van der Waals surface area contributed by atoms with Crippen molar-refractivity contribution in [3.05, 3.63) is 58.6 Å². The van der Waals surface area contributed by atoms with E-state index in [0.717, 1.165) is 24.5 Å². The number of nitrogens with one attached hydrogen (secondary N) is 1. The zero-order chi connectivity index (χ0) is 26.4. The highest BCUT2D eigenvalue weighted by Gasteiger charge is 2.43. The second-order valence-corrected chi connectivity index (χ2v) is 14.4. The molecule has 0 spiro atoms. The van der Waals surface area contributed by atoms with Crippen molar-refractivity contribution in [3.8, 4) is 0 Å². The number of carbonyl (C=O) groups is 1. The van der Waals surface area contributed by atoms with Crippen LogP contribution in [0.3, 0.4) is 0 Å².